The highest BCUT2D eigenvalue weighted by Gasteiger charge is 2.19. The number of nitrogens with one attached hydrogen (secondary N) is 1. The molecule has 1 saturated heterocycles. The fourth-order valence-corrected chi connectivity index (χ4v) is 3.19. The van der Waals surface area contributed by atoms with Crippen molar-refractivity contribution in [3.63, 3.8) is 0 Å². The lowest BCUT2D eigenvalue weighted by Crippen LogP contribution is -2.23. The molecule has 1 amide bonds. The Morgan fingerprint density at radius 2 is 2.08 bits per heavy atom. The molecule has 0 aliphatic carbocycles. The highest BCUT2D eigenvalue weighted by molar-refractivity contribution is 6.34. The number of pyridine rings is 2. The first kappa shape index (κ1) is 17.9. The molecule has 1 aliphatic heterocycles. The predicted octanol–water partition coefficient (Wildman–Crippen LogP) is 3.39. The van der Waals surface area contributed by atoms with Gasteiger partial charge in [0.15, 0.2) is 0 Å². The van der Waals surface area contributed by atoms with E-state index in [1.807, 2.05) is 0 Å². The van der Waals surface area contributed by atoms with E-state index in [1.165, 1.54) is 12.3 Å². The smallest absolute Gasteiger partial charge is 0.250 e. The number of nitrogens with two attached hydrogens (primary N) is 1. The maximum Gasteiger partial charge on any atom is 0.250 e. The lowest BCUT2D eigenvalue weighted by Gasteiger charge is -2.23. The van der Waals surface area contributed by atoms with E-state index >= 15 is 0 Å². The molecule has 2 aromatic rings. The summed E-state index contributed by atoms with van der Waals surface area (Å²) in [5.74, 6) is 0.379. The summed E-state index contributed by atoms with van der Waals surface area (Å²) in [5.41, 5.74) is 6.67. The summed E-state index contributed by atoms with van der Waals surface area (Å²) in [4.78, 5) is 20.3. The van der Waals surface area contributed by atoms with Crippen LogP contribution < -0.4 is 11.1 Å². The number of primary amides is 1. The van der Waals surface area contributed by atoms with Crippen LogP contribution in [-0.2, 0) is 4.74 Å². The second kappa shape index (κ2) is 7.99. The Morgan fingerprint density at radius 3 is 2.76 bits per heavy atom. The van der Waals surface area contributed by atoms with Gasteiger partial charge in [-0.05, 0) is 30.9 Å². The Balaban J connectivity index is 1.93. The molecule has 3 N–H and O–H groups in total. The van der Waals surface area contributed by atoms with Gasteiger partial charge in [0.25, 0.3) is 5.91 Å². The maximum absolute atomic E-state index is 11.8. The van der Waals surface area contributed by atoms with Crippen molar-refractivity contribution in [3.8, 4) is 11.3 Å². The van der Waals surface area contributed by atoms with Crippen molar-refractivity contribution < 1.29 is 9.53 Å². The SMILES string of the molecule is NC(=O)c1cc(Cl)c(NCC2CCOCC2)nc1-c1ccncc1Cl. The van der Waals surface area contributed by atoms with Gasteiger partial charge in [0.2, 0.25) is 0 Å². The molecule has 0 unspecified atom stereocenters. The molecule has 0 bridgehead atoms. The van der Waals surface area contributed by atoms with Crippen molar-refractivity contribution in [3.05, 3.63) is 40.1 Å². The highest BCUT2D eigenvalue weighted by atomic mass is 35.5. The van der Waals surface area contributed by atoms with Crippen molar-refractivity contribution in [2.45, 2.75) is 12.8 Å². The van der Waals surface area contributed by atoms with E-state index in [1.54, 1.807) is 12.3 Å². The molecule has 3 rings (SSSR count). The quantitative estimate of drug-likeness (QED) is 0.829. The molecule has 6 nitrogen and oxygen atoms in total. The van der Waals surface area contributed by atoms with Crippen LogP contribution in [0.25, 0.3) is 11.3 Å². The molecule has 8 heteroatoms. The standard InChI is InChI=1S/C17H18Cl2N4O2/c18-13-7-12(16(20)24)15(11-1-4-21-9-14(11)19)23-17(13)22-8-10-2-5-25-6-3-10/h1,4,7,9-10H,2-3,5-6,8H2,(H2,20,24)(H,22,23). The van der Waals surface area contributed by atoms with E-state index in [-0.39, 0.29) is 5.56 Å². The van der Waals surface area contributed by atoms with Crippen molar-refractivity contribution in [2.75, 3.05) is 25.1 Å². The zero-order valence-corrected chi connectivity index (χ0v) is 15.0. The largest absolute Gasteiger partial charge is 0.381 e. The van der Waals surface area contributed by atoms with Crippen LogP contribution in [0.4, 0.5) is 5.82 Å². The maximum atomic E-state index is 11.8. The summed E-state index contributed by atoms with van der Waals surface area (Å²) in [5, 5.41) is 4.00. The Kier molecular flexibility index (Phi) is 5.73. The zero-order chi connectivity index (χ0) is 17.8. The molecule has 0 aromatic carbocycles. The number of carbonyl (C=O) groups excluding carboxylic acids is 1. The molecule has 132 valence electrons. The van der Waals surface area contributed by atoms with Gasteiger partial charge in [-0.15, -0.1) is 0 Å². The molecule has 25 heavy (non-hydrogen) atoms. The van der Waals surface area contributed by atoms with Gasteiger partial charge in [0.1, 0.15) is 5.82 Å². The number of rotatable bonds is 5. The van der Waals surface area contributed by atoms with E-state index in [9.17, 15) is 4.79 Å². The van der Waals surface area contributed by atoms with Crippen molar-refractivity contribution >= 4 is 34.9 Å². The number of hydrogen-bond acceptors (Lipinski definition) is 5. The van der Waals surface area contributed by atoms with Crippen LogP contribution in [0.2, 0.25) is 10.0 Å². The summed E-state index contributed by atoms with van der Waals surface area (Å²) in [6.07, 6.45) is 5.06. The predicted molar refractivity (Wildman–Crippen MR) is 98.0 cm³/mol. The van der Waals surface area contributed by atoms with Gasteiger partial charge in [-0.1, -0.05) is 23.2 Å². The zero-order valence-electron chi connectivity index (χ0n) is 13.5. The topological polar surface area (TPSA) is 90.1 Å². The Morgan fingerprint density at radius 1 is 1.32 bits per heavy atom. The van der Waals surface area contributed by atoms with Crippen molar-refractivity contribution in [1.29, 1.82) is 0 Å². The van der Waals surface area contributed by atoms with Crippen LogP contribution >= 0.6 is 23.2 Å². The summed E-state index contributed by atoms with van der Waals surface area (Å²) in [6, 6.07) is 3.21. The Bertz CT molecular complexity index is 779. The number of hydrogen-bond donors (Lipinski definition) is 2. The van der Waals surface area contributed by atoms with Crippen molar-refractivity contribution in [2.24, 2.45) is 11.7 Å². The third-order valence-electron chi connectivity index (χ3n) is 4.17. The molecule has 0 saturated carbocycles. The number of halogens is 2. The van der Waals surface area contributed by atoms with Gasteiger partial charge in [0, 0.05) is 37.7 Å². The van der Waals surface area contributed by atoms with Crippen LogP contribution in [0.5, 0.6) is 0 Å². The molecular weight excluding hydrogens is 363 g/mol. The monoisotopic (exact) mass is 380 g/mol. The Hall–Kier alpha value is -1.89. The average Bonchev–Trinajstić information content (AvgIpc) is 2.62. The van der Waals surface area contributed by atoms with Gasteiger partial charge in [-0.25, -0.2) is 4.98 Å². The molecule has 2 aromatic heterocycles. The average molecular weight is 381 g/mol. The third-order valence-corrected chi connectivity index (χ3v) is 4.76. The fraction of sp³-hybridized carbons (Fsp3) is 0.353. The minimum Gasteiger partial charge on any atom is -0.381 e. The molecule has 0 spiro atoms. The van der Waals surface area contributed by atoms with E-state index in [2.05, 4.69) is 15.3 Å². The van der Waals surface area contributed by atoms with Gasteiger partial charge in [0.05, 0.1) is 21.3 Å². The minimum absolute atomic E-state index is 0.217. The van der Waals surface area contributed by atoms with E-state index in [0.29, 0.717) is 33.0 Å². The number of anilines is 1. The first-order valence-electron chi connectivity index (χ1n) is 7.98. The molecule has 0 atom stereocenters. The normalized spacial score (nSPS) is 15.1. The number of carbonyl (C=O) groups is 1. The third kappa shape index (κ3) is 4.21. The fourth-order valence-electron chi connectivity index (χ4n) is 2.76. The molecule has 1 aliphatic rings. The molecule has 1 fully saturated rings. The van der Waals surface area contributed by atoms with Gasteiger partial charge >= 0.3 is 0 Å². The number of amides is 1. The minimum atomic E-state index is -0.617. The van der Waals surface area contributed by atoms with E-state index in [4.69, 9.17) is 33.7 Å². The highest BCUT2D eigenvalue weighted by Crippen LogP contribution is 2.33. The summed E-state index contributed by atoms with van der Waals surface area (Å²) >= 11 is 12.5. The lowest BCUT2D eigenvalue weighted by molar-refractivity contribution is 0.0699. The number of ether oxygens (including phenoxy) is 1. The van der Waals surface area contributed by atoms with Gasteiger partial charge in [-0.3, -0.25) is 9.78 Å². The molecule has 3 heterocycles. The van der Waals surface area contributed by atoms with Crippen molar-refractivity contribution in [1.82, 2.24) is 9.97 Å². The van der Waals surface area contributed by atoms with Crippen LogP contribution in [0.3, 0.4) is 0 Å². The van der Waals surface area contributed by atoms with Gasteiger partial charge < -0.3 is 15.8 Å². The number of nitrogens with zero attached hydrogens (tertiary/aromatic N) is 2. The second-order valence-electron chi connectivity index (χ2n) is 5.87. The molecule has 0 radical (unpaired) electrons. The van der Waals surface area contributed by atoms with Crippen LogP contribution in [-0.4, -0.2) is 35.6 Å². The summed E-state index contributed by atoms with van der Waals surface area (Å²) in [6.45, 7) is 2.27. The number of aromatic nitrogens is 2. The second-order valence-corrected chi connectivity index (χ2v) is 6.69. The first-order valence-corrected chi connectivity index (χ1v) is 8.73. The summed E-state index contributed by atoms with van der Waals surface area (Å²) in [7, 11) is 0. The van der Waals surface area contributed by atoms with Crippen LogP contribution in [0.15, 0.2) is 24.5 Å². The van der Waals surface area contributed by atoms with E-state index in [0.717, 1.165) is 32.6 Å². The van der Waals surface area contributed by atoms with Crippen LogP contribution in [0, 0.1) is 5.92 Å². The Labute approximate surface area is 155 Å². The van der Waals surface area contributed by atoms with E-state index < -0.39 is 5.91 Å². The summed E-state index contributed by atoms with van der Waals surface area (Å²) < 4.78 is 5.37. The van der Waals surface area contributed by atoms with Gasteiger partial charge in [-0.2, -0.15) is 0 Å². The van der Waals surface area contributed by atoms with Crippen LogP contribution in [0.1, 0.15) is 23.2 Å². The lowest BCUT2D eigenvalue weighted by atomic mass is 10.0. The molecular formula is C17H18Cl2N4O2. The first-order chi connectivity index (χ1) is 12.1.